The van der Waals surface area contributed by atoms with Crippen molar-refractivity contribution in [2.45, 2.75) is 20.3 Å². The van der Waals surface area contributed by atoms with Crippen molar-refractivity contribution >= 4 is 11.3 Å². The van der Waals surface area contributed by atoms with E-state index in [0.29, 0.717) is 0 Å². The van der Waals surface area contributed by atoms with Gasteiger partial charge in [-0.3, -0.25) is 0 Å². The highest BCUT2D eigenvalue weighted by Gasteiger charge is 1.97. The summed E-state index contributed by atoms with van der Waals surface area (Å²) >= 11 is 0. The maximum Gasteiger partial charge on any atom is 0.0343 e. The molecule has 1 rings (SSSR count). The van der Waals surface area contributed by atoms with Crippen LogP contribution in [0.1, 0.15) is 25.8 Å². The van der Waals surface area contributed by atoms with Crippen molar-refractivity contribution in [1.29, 1.82) is 0 Å². The standard InChI is InChI=1S/C12H17N/c1-4-10(5-2)11-7-6-8-12(9-11)13-3/h4,6-9,13H,5H2,1-3H3/b10-4+. The third kappa shape index (κ3) is 2.35. The Morgan fingerprint density at radius 2 is 2.23 bits per heavy atom. The van der Waals surface area contributed by atoms with Crippen LogP contribution in [0.25, 0.3) is 5.57 Å². The highest BCUT2D eigenvalue weighted by atomic mass is 14.8. The van der Waals surface area contributed by atoms with Gasteiger partial charge in [-0.2, -0.15) is 0 Å². The van der Waals surface area contributed by atoms with E-state index in [1.807, 2.05) is 7.05 Å². The Kier molecular flexibility index (Phi) is 3.56. The van der Waals surface area contributed by atoms with Crippen LogP contribution < -0.4 is 5.32 Å². The van der Waals surface area contributed by atoms with Crippen molar-refractivity contribution < 1.29 is 0 Å². The monoisotopic (exact) mass is 175 g/mol. The fraction of sp³-hybridized carbons (Fsp3) is 0.333. The van der Waals surface area contributed by atoms with Crippen LogP contribution in [0.2, 0.25) is 0 Å². The molecular formula is C12H17N. The fourth-order valence-corrected chi connectivity index (χ4v) is 1.45. The zero-order chi connectivity index (χ0) is 9.68. The van der Waals surface area contributed by atoms with Gasteiger partial charge in [0.25, 0.3) is 0 Å². The topological polar surface area (TPSA) is 12.0 Å². The average molecular weight is 175 g/mol. The number of benzene rings is 1. The lowest BCUT2D eigenvalue weighted by molar-refractivity contribution is 1.23. The van der Waals surface area contributed by atoms with Crippen LogP contribution in [0, 0.1) is 0 Å². The van der Waals surface area contributed by atoms with Crippen molar-refractivity contribution in [1.82, 2.24) is 0 Å². The van der Waals surface area contributed by atoms with Gasteiger partial charge in [0.2, 0.25) is 0 Å². The van der Waals surface area contributed by atoms with Crippen LogP contribution in [0.3, 0.4) is 0 Å². The maximum atomic E-state index is 3.14. The summed E-state index contributed by atoms with van der Waals surface area (Å²) in [5.41, 5.74) is 3.89. The smallest absolute Gasteiger partial charge is 0.0343 e. The van der Waals surface area contributed by atoms with Crippen LogP contribution in [0.4, 0.5) is 5.69 Å². The SMILES string of the molecule is C/C=C(\CC)c1cccc(NC)c1. The molecule has 0 aliphatic rings. The second kappa shape index (κ2) is 4.70. The molecule has 0 atom stereocenters. The Balaban J connectivity index is 3.00. The molecule has 13 heavy (non-hydrogen) atoms. The highest BCUT2D eigenvalue weighted by Crippen LogP contribution is 2.20. The minimum absolute atomic E-state index is 1.09. The molecule has 70 valence electrons. The zero-order valence-corrected chi connectivity index (χ0v) is 8.59. The van der Waals surface area contributed by atoms with Gasteiger partial charge in [-0.1, -0.05) is 25.1 Å². The second-order valence-corrected chi connectivity index (χ2v) is 3.00. The molecule has 0 aliphatic carbocycles. The zero-order valence-electron chi connectivity index (χ0n) is 8.59. The molecule has 1 aromatic carbocycles. The molecule has 0 saturated heterocycles. The highest BCUT2D eigenvalue weighted by molar-refractivity contribution is 5.68. The lowest BCUT2D eigenvalue weighted by Crippen LogP contribution is -1.89. The normalized spacial score (nSPS) is 11.5. The molecule has 1 nitrogen and oxygen atoms in total. The van der Waals surface area contributed by atoms with Crippen molar-refractivity contribution in [2.24, 2.45) is 0 Å². The van der Waals surface area contributed by atoms with Gasteiger partial charge in [0, 0.05) is 12.7 Å². The molecule has 0 radical (unpaired) electrons. The van der Waals surface area contributed by atoms with E-state index in [4.69, 9.17) is 0 Å². The van der Waals surface area contributed by atoms with Crippen molar-refractivity contribution in [3.63, 3.8) is 0 Å². The first-order valence-corrected chi connectivity index (χ1v) is 4.75. The predicted octanol–water partition coefficient (Wildman–Crippen LogP) is 3.54. The van der Waals surface area contributed by atoms with Gasteiger partial charge in [-0.05, 0) is 36.6 Å². The molecule has 0 heterocycles. The molecule has 1 heteroatoms. The van der Waals surface area contributed by atoms with Gasteiger partial charge in [0.15, 0.2) is 0 Å². The van der Waals surface area contributed by atoms with Gasteiger partial charge >= 0.3 is 0 Å². The first-order valence-electron chi connectivity index (χ1n) is 4.75. The summed E-state index contributed by atoms with van der Waals surface area (Å²) in [4.78, 5) is 0. The van der Waals surface area contributed by atoms with E-state index in [-0.39, 0.29) is 0 Å². The van der Waals surface area contributed by atoms with Gasteiger partial charge in [-0.25, -0.2) is 0 Å². The maximum absolute atomic E-state index is 3.14. The summed E-state index contributed by atoms with van der Waals surface area (Å²) in [6, 6.07) is 8.49. The quantitative estimate of drug-likeness (QED) is 0.741. The van der Waals surface area contributed by atoms with E-state index in [0.717, 1.165) is 6.42 Å². The van der Waals surface area contributed by atoms with Crippen molar-refractivity contribution in [2.75, 3.05) is 12.4 Å². The van der Waals surface area contributed by atoms with Crippen LogP contribution in [0.15, 0.2) is 30.3 Å². The number of rotatable bonds is 3. The van der Waals surface area contributed by atoms with E-state index in [2.05, 4.69) is 49.5 Å². The molecule has 0 aliphatic heterocycles. The minimum atomic E-state index is 1.09. The molecule has 0 aromatic heterocycles. The Morgan fingerprint density at radius 1 is 1.46 bits per heavy atom. The van der Waals surface area contributed by atoms with E-state index in [1.54, 1.807) is 0 Å². The van der Waals surface area contributed by atoms with Gasteiger partial charge < -0.3 is 5.32 Å². The largest absolute Gasteiger partial charge is 0.388 e. The van der Waals surface area contributed by atoms with Gasteiger partial charge in [0.05, 0.1) is 0 Å². The predicted molar refractivity (Wildman–Crippen MR) is 59.9 cm³/mol. The molecule has 0 saturated carbocycles. The van der Waals surface area contributed by atoms with Crippen molar-refractivity contribution in [3.8, 4) is 0 Å². The number of anilines is 1. The molecule has 0 spiro atoms. The third-order valence-electron chi connectivity index (χ3n) is 2.25. The van der Waals surface area contributed by atoms with Gasteiger partial charge in [0.1, 0.15) is 0 Å². The fourth-order valence-electron chi connectivity index (χ4n) is 1.45. The molecule has 0 fully saturated rings. The Labute approximate surface area is 80.5 Å². The third-order valence-corrected chi connectivity index (χ3v) is 2.25. The molecule has 0 amide bonds. The number of allylic oxidation sites excluding steroid dienone is 2. The van der Waals surface area contributed by atoms with Crippen LogP contribution in [-0.4, -0.2) is 7.05 Å². The van der Waals surface area contributed by atoms with Gasteiger partial charge in [-0.15, -0.1) is 0 Å². The summed E-state index contributed by atoms with van der Waals surface area (Å²) in [7, 11) is 1.94. The Bertz CT molecular complexity index is 300. The summed E-state index contributed by atoms with van der Waals surface area (Å²) in [5.74, 6) is 0. The molecule has 0 unspecified atom stereocenters. The Morgan fingerprint density at radius 3 is 2.77 bits per heavy atom. The second-order valence-electron chi connectivity index (χ2n) is 3.00. The molecular weight excluding hydrogens is 158 g/mol. The number of nitrogens with one attached hydrogen (secondary N) is 1. The van der Waals surface area contributed by atoms with E-state index >= 15 is 0 Å². The van der Waals surface area contributed by atoms with Crippen LogP contribution in [0.5, 0.6) is 0 Å². The number of hydrogen-bond acceptors (Lipinski definition) is 1. The number of hydrogen-bond donors (Lipinski definition) is 1. The lowest BCUT2D eigenvalue weighted by atomic mass is 10.0. The van der Waals surface area contributed by atoms with Crippen molar-refractivity contribution in [3.05, 3.63) is 35.9 Å². The minimum Gasteiger partial charge on any atom is -0.388 e. The molecule has 0 bridgehead atoms. The summed E-state index contributed by atoms with van der Waals surface area (Å²) in [6.45, 7) is 4.27. The first kappa shape index (κ1) is 9.85. The summed E-state index contributed by atoms with van der Waals surface area (Å²) in [6.07, 6.45) is 3.26. The van der Waals surface area contributed by atoms with E-state index in [1.165, 1.54) is 16.8 Å². The molecule has 1 N–H and O–H groups in total. The Hall–Kier alpha value is -1.24. The molecule has 1 aromatic rings. The van der Waals surface area contributed by atoms with Crippen LogP contribution >= 0.6 is 0 Å². The average Bonchev–Trinajstić information content (AvgIpc) is 2.20. The van der Waals surface area contributed by atoms with Crippen LogP contribution in [-0.2, 0) is 0 Å². The van der Waals surface area contributed by atoms with E-state index in [9.17, 15) is 0 Å². The lowest BCUT2D eigenvalue weighted by Gasteiger charge is -2.06. The van der Waals surface area contributed by atoms with E-state index < -0.39 is 0 Å². The summed E-state index contributed by atoms with van der Waals surface area (Å²) < 4.78 is 0. The first-order chi connectivity index (χ1) is 6.31. The summed E-state index contributed by atoms with van der Waals surface area (Å²) in [5, 5.41) is 3.14.